The van der Waals surface area contributed by atoms with Crippen molar-refractivity contribution in [2.24, 2.45) is 5.92 Å². The predicted molar refractivity (Wildman–Crippen MR) is 98.1 cm³/mol. The van der Waals surface area contributed by atoms with Gasteiger partial charge in [-0.1, -0.05) is 12.1 Å². The summed E-state index contributed by atoms with van der Waals surface area (Å²) >= 11 is 0. The Hall–Kier alpha value is -2.08. The van der Waals surface area contributed by atoms with Gasteiger partial charge in [0.2, 0.25) is 11.8 Å². The second-order valence-corrected chi connectivity index (χ2v) is 7.13. The first-order valence-corrected chi connectivity index (χ1v) is 9.45. The van der Waals surface area contributed by atoms with Crippen LogP contribution in [0.4, 0.5) is 0 Å². The summed E-state index contributed by atoms with van der Waals surface area (Å²) in [5.41, 5.74) is 2.34. The molecule has 0 unspecified atom stereocenters. The molecular formula is C20H28N2O4. The van der Waals surface area contributed by atoms with Gasteiger partial charge in [-0.05, 0) is 43.9 Å². The minimum absolute atomic E-state index is 0.00710. The van der Waals surface area contributed by atoms with Gasteiger partial charge in [-0.3, -0.25) is 9.59 Å². The van der Waals surface area contributed by atoms with Crippen molar-refractivity contribution in [1.29, 1.82) is 0 Å². The SMILES string of the molecule is CCOc1ccc(CCCC(=O)N2C[C@H]3COC[C@@H](C2)C(=O)N3)cc1C. The molecule has 1 aromatic carbocycles. The Morgan fingerprint density at radius 1 is 1.35 bits per heavy atom. The number of nitrogens with one attached hydrogen (secondary N) is 1. The van der Waals surface area contributed by atoms with Crippen molar-refractivity contribution in [3.63, 3.8) is 0 Å². The number of carbonyl (C=O) groups excluding carboxylic acids is 2. The summed E-state index contributed by atoms with van der Waals surface area (Å²) in [5, 5.41) is 2.96. The van der Waals surface area contributed by atoms with Crippen LogP contribution in [-0.4, -0.2) is 55.7 Å². The first-order chi connectivity index (χ1) is 12.6. The lowest BCUT2D eigenvalue weighted by molar-refractivity contribution is -0.133. The summed E-state index contributed by atoms with van der Waals surface area (Å²) in [6.45, 7) is 6.57. The summed E-state index contributed by atoms with van der Waals surface area (Å²) in [7, 11) is 0. The molecule has 2 atom stereocenters. The number of ether oxygens (including phenoxy) is 2. The molecular weight excluding hydrogens is 332 g/mol. The monoisotopic (exact) mass is 360 g/mol. The first kappa shape index (κ1) is 18.7. The molecule has 0 aromatic heterocycles. The lowest BCUT2D eigenvalue weighted by Crippen LogP contribution is -2.44. The summed E-state index contributed by atoms with van der Waals surface area (Å²) < 4.78 is 11.1. The van der Waals surface area contributed by atoms with E-state index in [1.807, 2.05) is 24.8 Å². The first-order valence-electron chi connectivity index (χ1n) is 9.45. The van der Waals surface area contributed by atoms with Crippen LogP contribution in [0.25, 0.3) is 0 Å². The highest BCUT2D eigenvalue weighted by Crippen LogP contribution is 2.21. The second-order valence-electron chi connectivity index (χ2n) is 7.13. The molecule has 1 aromatic rings. The number of nitrogens with zero attached hydrogens (tertiary/aromatic N) is 1. The van der Waals surface area contributed by atoms with Crippen molar-refractivity contribution < 1.29 is 19.1 Å². The van der Waals surface area contributed by atoms with Crippen LogP contribution in [0.1, 0.15) is 30.9 Å². The standard InChI is InChI=1S/C20H28N2O4/c1-3-26-18-8-7-15(9-14(18)2)5-4-6-19(23)22-10-16-12-25-13-17(11-22)21-20(16)24/h7-9,16-17H,3-6,10-13H2,1-2H3,(H,21,24)/t16-,17+/m1/s1. The van der Waals surface area contributed by atoms with Gasteiger partial charge in [0, 0.05) is 19.5 Å². The lowest BCUT2D eigenvalue weighted by atomic mass is 10.0. The fourth-order valence-corrected chi connectivity index (χ4v) is 3.62. The third kappa shape index (κ3) is 4.55. The van der Waals surface area contributed by atoms with Crippen LogP contribution in [0.5, 0.6) is 5.75 Å². The molecule has 0 radical (unpaired) electrons. The molecule has 2 heterocycles. The molecule has 142 valence electrons. The normalized spacial score (nSPS) is 22.5. The Balaban J connectivity index is 1.51. The minimum atomic E-state index is -0.250. The third-order valence-corrected chi connectivity index (χ3v) is 4.98. The van der Waals surface area contributed by atoms with Gasteiger partial charge in [0.1, 0.15) is 5.75 Å². The number of carbonyl (C=O) groups is 2. The molecule has 0 spiro atoms. The van der Waals surface area contributed by atoms with Crippen LogP contribution in [0.2, 0.25) is 0 Å². The number of hydrogen-bond donors (Lipinski definition) is 1. The van der Waals surface area contributed by atoms with Crippen molar-refractivity contribution in [3.8, 4) is 5.75 Å². The fourth-order valence-electron chi connectivity index (χ4n) is 3.62. The number of hydrogen-bond acceptors (Lipinski definition) is 4. The van der Waals surface area contributed by atoms with E-state index < -0.39 is 0 Å². The Labute approximate surface area is 154 Å². The zero-order valence-electron chi connectivity index (χ0n) is 15.6. The van der Waals surface area contributed by atoms with Crippen molar-refractivity contribution in [2.75, 3.05) is 32.9 Å². The Bertz CT molecular complexity index is 661. The Kier molecular flexibility index (Phi) is 6.14. The van der Waals surface area contributed by atoms with Crippen LogP contribution in [0.3, 0.4) is 0 Å². The van der Waals surface area contributed by atoms with E-state index >= 15 is 0 Å². The molecule has 0 aliphatic carbocycles. The molecule has 26 heavy (non-hydrogen) atoms. The third-order valence-electron chi connectivity index (χ3n) is 4.98. The van der Waals surface area contributed by atoms with E-state index in [0.29, 0.717) is 39.3 Å². The summed E-state index contributed by atoms with van der Waals surface area (Å²) in [6, 6.07) is 6.11. The van der Waals surface area contributed by atoms with Gasteiger partial charge >= 0.3 is 0 Å². The topological polar surface area (TPSA) is 67.9 Å². The number of rotatable bonds is 6. The highest BCUT2D eigenvalue weighted by atomic mass is 16.5. The largest absolute Gasteiger partial charge is 0.494 e. The van der Waals surface area contributed by atoms with Gasteiger partial charge in [0.25, 0.3) is 0 Å². The smallest absolute Gasteiger partial charge is 0.227 e. The van der Waals surface area contributed by atoms with Crippen LogP contribution in [-0.2, 0) is 20.7 Å². The van der Waals surface area contributed by atoms with Crippen molar-refractivity contribution in [2.45, 2.75) is 39.2 Å². The highest BCUT2D eigenvalue weighted by molar-refractivity contribution is 5.82. The molecule has 2 fully saturated rings. The molecule has 0 saturated carbocycles. The van der Waals surface area contributed by atoms with Crippen LogP contribution < -0.4 is 10.1 Å². The number of aryl methyl sites for hydroxylation is 2. The molecule has 2 bridgehead atoms. The van der Waals surface area contributed by atoms with Gasteiger partial charge in [-0.25, -0.2) is 0 Å². The van der Waals surface area contributed by atoms with E-state index in [9.17, 15) is 9.59 Å². The van der Waals surface area contributed by atoms with Crippen LogP contribution in [0.15, 0.2) is 18.2 Å². The molecule has 3 rings (SSSR count). The maximum absolute atomic E-state index is 12.6. The Morgan fingerprint density at radius 2 is 2.19 bits per heavy atom. The average Bonchev–Trinajstić information content (AvgIpc) is 2.86. The quantitative estimate of drug-likeness (QED) is 0.838. The van der Waals surface area contributed by atoms with Gasteiger partial charge in [-0.2, -0.15) is 0 Å². The molecule has 2 aliphatic rings. The summed E-state index contributed by atoms with van der Waals surface area (Å²) in [4.78, 5) is 26.5. The van der Waals surface area contributed by atoms with E-state index in [0.717, 1.165) is 24.2 Å². The molecule has 2 aliphatic heterocycles. The highest BCUT2D eigenvalue weighted by Gasteiger charge is 2.34. The number of benzene rings is 1. The van der Waals surface area contributed by atoms with Crippen LogP contribution >= 0.6 is 0 Å². The van der Waals surface area contributed by atoms with Gasteiger partial charge in [0.15, 0.2) is 0 Å². The van der Waals surface area contributed by atoms with E-state index in [-0.39, 0.29) is 23.8 Å². The predicted octanol–water partition coefficient (Wildman–Crippen LogP) is 1.69. The van der Waals surface area contributed by atoms with Gasteiger partial charge < -0.3 is 19.7 Å². The summed E-state index contributed by atoms with van der Waals surface area (Å²) in [6.07, 6.45) is 2.16. The van der Waals surface area contributed by atoms with E-state index in [2.05, 4.69) is 17.4 Å². The zero-order valence-corrected chi connectivity index (χ0v) is 15.6. The average molecular weight is 360 g/mol. The van der Waals surface area contributed by atoms with Crippen molar-refractivity contribution in [1.82, 2.24) is 10.2 Å². The molecule has 2 saturated heterocycles. The maximum Gasteiger partial charge on any atom is 0.227 e. The number of fused-ring (bicyclic) bond motifs is 3. The van der Waals surface area contributed by atoms with Crippen LogP contribution in [0, 0.1) is 12.8 Å². The van der Waals surface area contributed by atoms with Crippen molar-refractivity contribution >= 4 is 11.8 Å². The maximum atomic E-state index is 12.6. The minimum Gasteiger partial charge on any atom is -0.494 e. The van der Waals surface area contributed by atoms with E-state index in [1.54, 1.807) is 0 Å². The molecule has 2 amide bonds. The molecule has 6 nitrogen and oxygen atoms in total. The fraction of sp³-hybridized carbons (Fsp3) is 0.600. The summed E-state index contributed by atoms with van der Waals surface area (Å²) in [5.74, 6) is 0.803. The van der Waals surface area contributed by atoms with E-state index in [1.165, 1.54) is 5.56 Å². The van der Waals surface area contributed by atoms with E-state index in [4.69, 9.17) is 9.47 Å². The van der Waals surface area contributed by atoms with Gasteiger partial charge in [-0.15, -0.1) is 0 Å². The second kappa shape index (κ2) is 8.54. The number of amides is 2. The van der Waals surface area contributed by atoms with Gasteiger partial charge in [0.05, 0.1) is 31.8 Å². The Morgan fingerprint density at radius 3 is 2.96 bits per heavy atom. The van der Waals surface area contributed by atoms with Crippen molar-refractivity contribution in [3.05, 3.63) is 29.3 Å². The lowest BCUT2D eigenvalue weighted by Gasteiger charge is -2.27. The molecule has 6 heteroatoms. The zero-order chi connectivity index (χ0) is 18.5. The molecule has 1 N–H and O–H groups in total.